The number of rotatable bonds is 1. The second-order valence-electron chi connectivity index (χ2n) is 3.14. The Morgan fingerprint density at radius 3 is 2.85 bits per heavy atom. The monoisotopic (exact) mass is 216 g/mol. The number of nitrogens with one attached hydrogen (secondary N) is 1. The van der Waals surface area contributed by atoms with Gasteiger partial charge in [-0.25, -0.2) is 0 Å². The number of nitrogens with zero attached hydrogens (tertiary/aromatic N) is 3. The highest BCUT2D eigenvalue weighted by molar-refractivity contribution is 8.07. The van der Waals surface area contributed by atoms with Crippen molar-refractivity contribution >= 4 is 23.5 Å². The molecule has 1 aromatic rings. The summed E-state index contributed by atoms with van der Waals surface area (Å²) in [5.74, 6) is 1.94. The number of thioether (sulfide) groups is 2. The summed E-state index contributed by atoms with van der Waals surface area (Å²) in [5.41, 5.74) is 0. The molecular weight excluding hydrogens is 204 g/mol. The van der Waals surface area contributed by atoms with Gasteiger partial charge in [0.15, 0.2) is 5.82 Å². The average Bonchev–Trinajstić information content (AvgIpc) is 2.62. The fourth-order valence-corrected chi connectivity index (χ4v) is 4.06. The van der Waals surface area contributed by atoms with Crippen LogP contribution in [0.5, 0.6) is 0 Å². The zero-order chi connectivity index (χ0) is 9.26. The minimum atomic E-state index is 0.412. The van der Waals surface area contributed by atoms with Crippen molar-refractivity contribution in [1.82, 2.24) is 20.6 Å². The van der Waals surface area contributed by atoms with Crippen LogP contribution in [0.2, 0.25) is 0 Å². The second-order valence-corrected chi connectivity index (χ2v) is 6.13. The molecule has 1 N–H and O–H groups in total. The van der Waals surface area contributed by atoms with E-state index in [9.17, 15) is 0 Å². The molecule has 3 unspecified atom stereocenters. The molecule has 2 heterocycles. The molecule has 1 aromatic heterocycles. The Hall–Kier alpha value is -0.230. The molecule has 0 bridgehead atoms. The standard InChI is InChI=1S/C7H12N4S2/c1-4-5(2)13-6(3-12-4)7-8-10-11-9-7/h4-6H,3H2,1-2H3,(H,8,9,10,11). The average molecular weight is 216 g/mol. The number of hydrogen-bond acceptors (Lipinski definition) is 5. The van der Waals surface area contributed by atoms with Gasteiger partial charge < -0.3 is 0 Å². The maximum atomic E-state index is 4.02. The summed E-state index contributed by atoms with van der Waals surface area (Å²) in [6.45, 7) is 4.53. The highest BCUT2D eigenvalue weighted by Crippen LogP contribution is 2.42. The van der Waals surface area contributed by atoms with E-state index in [2.05, 4.69) is 34.5 Å². The van der Waals surface area contributed by atoms with Crippen LogP contribution in [0.3, 0.4) is 0 Å². The Kier molecular flexibility index (Phi) is 2.78. The number of hydrogen-bond donors (Lipinski definition) is 1. The van der Waals surface area contributed by atoms with Gasteiger partial charge in [0, 0.05) is 16.3 Å². The molecular formula is C7H12N4S2. The Balaban J connectivity index is 2.03. The lowest BCUT2D eigenvalue weighted by atomic mass is 10.4. The van der Waals surface area contributed by atoms with Gasteiger partial charge in [0.2, 0.25) is 0 Å². The predicted molar refractivity (Wildman–Crippen MR) is 55.9 cm³/mol. The maximum Gasteiger partial charge on any atom is 0.188 e. The van der Waals surface area contributed by atoms with Crippen molar-refractivity contribution in [3.8, 4) is 0 Å². The number of aromatic nitrogens is 4. The van der Waals surface area contributed by atoms with Crippen LogP contribution in [0, 0.1) is 0 Å². The van der Waals surface area contributed by atoms with Crippen molar-refractivity contribution < 1.29 is 0 Å². The first kappa shape index (κ1) is 9.33. The van der Waals surface area contributed by atoms with Crippen molar-refractivity contribution in [2.24, 2.45) is 0 Å². The van der Waals surface area contributed by atoms with Crippen molar-refractivity contribution in [3.63, 3.8) is 0 Å². The van der Waals surface area contributed by atoms with Gasteiger partial charge in [0.1, 0.15) is 0 Å². The molecule has 0 amide bonds. The lowest BCUT2D eigenvalue weighted by Gasteiger charge is -2.29. The van der Waals surface area contributed by atoms with Crippen molar-refractivity contribution in [2.45, 2.75) is 29.6 Å². The van der Waals surface area contributed by atoms with Crippen molar-refractivity contribution in [1.29, 1.82) is 0 Å². The summed E-state index contributed by atoms with van der Waals surface area (Å²) in [6, 6.07) is 0. The van der Waals surface area contributed by atoms with Gasteiger partial charge in [-0.05, 0) is 0 Å². The summed E-state index contributed by atoms with van der Waals surface area (Å²) < 4.78 is 0. The minimum Gasteiger partial charge on any atom is -0.177 e. The Morgan fingerprint density at radius 1 is 1.38 bits per heavy atom. The molecule has 0 aromatic carbocycles. The van der Waals surface area contributed by atoms with Gasteiger partial charge in [-0.15, -0.1) is 22.0 Å². The fourth-order valence-electron chi connectivity index (χ4n) is 1.23. The highest BCUT2D eigenvalue weighted by atomic mass is 32.2. The Morgan fingerprint density at radius 2 is 2.23 bits per heavy atom. The molecule has 6 heteroatoms. The van der Waals surface area contributed by atoms with Crippen LogP contribution in [0.1, 0.15) is 24.9 Å². The minimum absolute atomic E-state index is 0.412. The molecule has 0 radical (unpaired) electrons. The quantitative estimate of drug-likeness (QED) is 0.771. The van der Waals surface area contributed by atoms with Gasteiger partial charge in [-0.3, -0.25) is 0 Å². The summed E-state index contributed by atoms with van der Waals surface area (Å²) in [6.07, 6.45) is 0. The summed E-state index contributed by atoms with van der Waals surface area (Å²) in [4.78, 5) is 0. The van der Waals surface area contributed by atoms with Crippen LogP contribution in [-0.4, -0.2) is 36.9 Å². The molecule has 2 rings (SSSR count). The topological polar surface area (TPSA) is 54.5 Å². The van der Waals surface area contributed by atoms with E-state index in [1.807, 2.05) is 23.5 Å². The van der Waals surface area contributed by atoms with E-state index in [4.69, 9.17) is 0 Å². The largest absolute Gasteiger partial charge is 0.188 e. The number of aromatic amines is 1. The number of H-pyrrole nitrogens is 1. The first-order chi connectivity index (χ1) is 6.27. The predicted octanol–water partition coefficient (Wildman–Crippen LogP) is 1.50. The Labute approximate surface area is 85.6 Å². The lowest BCUT2D eigenvalue weighted by molar-refractivity contribution is 0.863. The zero-order valence-electron chi connectivity index (χ0n) is 7.60. The zero-order valence-corrected chi connectivity index (χ0v) is 9.23. The Bertz CT molecular complexity index is 263. The third kappa shape index (κ3) is 1.99. The van der Waals surface area contributed by atoms with E-state index in [0.717, 1.165) is 16.8 Å². The first-order valence-corrected chi connectivity index (χ1v) is 6.27. The fraction of sp³-hybridized carbons (Fsp3) is 0.857. The van der Waals surface area contributed by atoms with Crippen LogP contribution in [-0.2, 0) is 0 Å². The molecule has 1 aliphatic rings. The van der Waals surface area contributed by atoms with Gasteiger partial charge >= 0.3 is 0 Å². The van der Waals surface area contributed by atoms with E-state index in [0.29, 0.717) is 10.5 Å². The third-order valence-electron chi connectivity index (χ3n) is 2.20. The summed E-state index contributed by atoms with van der Waals surface area (Å²) >= 11 is 3.94. The van der Waals surface area contributed by atoms with Gasteiger partial charge in [0.05, 0.1) is 5.25 Å². The van der Waals surface area contributed by atoms with Crippen LogP contribution < -0.4 is 0 Å². The molecule has 1 aliphatic heterocycles. The molecule has 0 spiro atoms. The van der Waals surface area contributed by atoms with Gasteiger partial charge in [0.25, 0.3) is 0 Å². The van der Waals surface area contributed by atoms with Crippen LogP contribution >= 0.6 is 23.5 Å². The third-order valence-corrected chi connectivity index (χ3v) is 5.59. The molecule has 1 fully saturated rings. The van der Waals surface area contributed by atoms with E-state index in [1.54, 1.807) is 0 Å². The van der Waals surface area contributed by atoms with E-state index in [1.165, 1.54) is 0 Å². The van der Waals surface area contributed by atoms with E-state index in [-0.39, 0.29) is 0 Å². The van der Waals surface area contributed by atoms with Gasteiger partial charge in [-0.1, -0.05) is 19.1 Å². The second kappa shape index (κ2) is 3.88. The lowest BCUT2D eigenvalue weighted by Crippen LogP contribution is -2.22. The molecule has 72 valence electrons. The number of tetrazole rings is 1. The first-order valence-electron chi connectivity index (χ1n) is 4.28. The molecule has 4 nitrogen and oxygen atoms in total. The molecule has 0 aliphatic carbocycles. The maximum absolute atomic E-state index is 4.02. The van der Waals surface area contributed by atoms with Crippen molar-refractivity contribution in [3.05, 3.63) is 5.82 Å². The normalized spacial score (nSPS) is 34.8. The van der Waals surface area contributed by atoms with Crippen LogP contribution in [0.25, 0.3) is 0 Å². The van der Waals surface area contributed by atoms with Crippen LogP contribution in [0.4, 0.5) is 0 Å². The molecule has 1 saturated heterocycles. The summed E-state index contributed by atoms with van der Waals surface area (Å²) in [7, 11) is 0. The van der Waals surface area contributed by atoms with Crippen LogP contribution in [0.15, 0.2) is 0 Å². The van der Waals surface area contributed by atoms with Gasteiger partial charge in [-0.2, -0.15) is 17.0 Å². The highest BCUT2D eigenvalue weighted by Gasteiger charge is 2.28. The van der Waals surface area contributed by atoms with E-state index < -0.39 is 0 Å². The molecule has 3 atom stereocenters. The van der Waals surface area contributed by atoms with Crippen molar-refractivity contribution in [2.75, 3.05) is 5.75 Å². The SMILES string of the molecule is CC1SCC(c2nn[nH]n2)SC1C. The molecule has 0 saturated carbocycles. The smallest absolute Gasteiger partial charge is 0.177 e. The molecule has 13 heavy (non-hydrogen) atoms. The summed E-state index contributed by atoms with van der Waals surface area (Å²) in [5, 5.41) is 15.9. The van der Waals surface area contributed by atoms with E-state index >= 15 is 0 Å².